The van der Waals surface area contributed by atoms with Crippen LogP contribution in [-0.4, -0.2) is 46.1 Å². The van der Waals surface area contributed by atoms with Crippen molar-refractivity contribution < 1.29 is 18.8 Å². The molecule has 7 heteroatoms. The summed E-state index contributed by atoms with van der Waals surface area (Å²) >= 11 is 0. The summed E-state index contributed by atoms with van der Waals surface area (Å²) in [5.41, 5.74) is 0.161. The second-order valence-corrected chi connectivity index (χ2v) is 8.37. The van der Waals surface area contributed by atoms with Gasteiger partial charge < -0.3 is 14.6 Å². The number of hydrogen-bond donors (Lipinski definition) is 1. The molecule has 7 nitrogen and oxygen atoms in total. The predicted octanol–water partition coefficient (Wildman–Crippen LogP) is 2.77. The van der Waals surface area contributed by atoms with E-state index in [1.165, 1.54) is 0 Å². The number of hydrogen-bond acceptors (Lipinski definition) is 5. The molecular formula is C23H27N3O4. The van der Waals surface area contributed by atoms with Crippen molar-refractivity contribution in [3.8, 4) is 0 Å². The lowest BCUT2D eigenvalue weighted by atomic mass is 9.86. The van der Waals surface area contributed by atoms with Crippen LogP contribution in [0.15, 0.2) is 47.3 Å². The Morgan fingerprint density at radius 3 is 2.90 bits per heavy atom. The summed E-state index contributed by atoms with van der Waals surface area (Å²) in [6.07, 6.45) is 9.12. The van der Waals surface area contributed by atoms with Crippen LogP contribution >= 0.6 is 0 Å². The summed E-state index contributed by atoms with van der Waals surface area (Å²) < 4.78 is 5.47. The molecular weight excluding hydrogens is 382 g/mol. The van der Waals surface area contributed by atoms with E-state index in [0.717, 1.165) is 18.6 Å². The van der Waals surface area contributed by atoms with E-state index in [1.807, 2.05) is 12.1 Å². The Kier molecular flexibility index (Phi) is 5.97. The van der Waals surface area contributed by atoms with E-state index in [2.05, 4.69) is 10.3 Å². The molecule has 2 aromatic heterocycles. The quantitative estimate of drug-likeness (QED) is 0.710. The molecule has 158 valence electrons. The Labute approximate surface area is 175 Å². The van der Waals surface area contributed by atoms with Gasteiger partial charge in [0.1, 0.15) is 5.76 Å². The minimum absolute atomic E-state index is 0.0223. The maximum absolute atomic E-state index is 13.0. The molecule has 2 atom stereocenters. The van der Waals surface area contributed by atoms with Gasteiger partial charge in [-0.15, -0.1) is 0 Å². The molecule has 30 heavy (non-hydrogen) atoms. The maximum Gasteiger partial charge on any atom is 0.222 e. The Balaban J connectivity index is 1.36. The topological polar surface area (TPSA) is 92.5 Å². The lowest BCUT2D eigenvalue weighted by Crippen LogP contribution is -2.46. The van der Waals surface area contributed by atoms with Crippen molar-refractivity contribution >= 4 is 17.6 Å². The van der Waals surface area contributed by atoms with Crippen molar-refractivity contribution in [2.75, 3.05) is 13.1 Å². The van der Waals surface area contributed by atoms with E-state index in [1.54, 1.807) is 35.7 Å². The van der Waals surface area contributed by atoms with Crippen LogP contribution in [0.5, 0.6) is 0 Å². The summed E-state index contributed by atoms with van der Waals surface area (Å²) in [5.74, 6) is 0.741. The largest absolute Gasteiger partial charge is 0.469 e. The number of rotatable bonds is 7. The minimum atomic E-state index is -0.439. The summed E-state index contributed by atoms with van der Waals surface area (Å²) in [7, 11) is 0. The number of nitrogens with zero attached hydrogens (tertiary/aromatic N) is 2. The Morgan fingerprint density at radius 1 is 1.30 bits per heavy atom. The van der Waals surface area contributed by atoms with Gasteiger partial charge in [0.2, 0.25) is 11.8 Å². The lowest BCUT2D eigenvalue weighted by molar-refractivity contribution is -0.133. The molecule has 2 aliphatic rings. The molecule has 2 amide bonds. The molecule has 2 saturated heterocycles. The van der Waals surface area contributed by atoms with Gasteiger partial charge in [-0.3, -0.25) is 19.4 Å². The molecule has 2 aliphatic heterocycles. The zero-order chi connectivity index (χ0) is 21.0. The molecule has 0 saturated carbocycles. The van der Waals surface area contributed by atoms with Crippen molar-refractivity contribution in [1.29, 1.82) is 0 Å². The van der Waals surface area contributed by atoms with Crippen LogP contribution in [0.1, 0.15) is 54.6 Å². The fourth-order valence-electron chi connectivity index (χ4n) is 4.59. The number of amides is 2. The third-order valence-electron chi connectivity index (χ3n) is 6.24. The Bertz CT molecular complexity index is 896. The van der Waals surface area contributed by atoms with Gasteiger partial charge in [-0.2, -0.15) is 0 Å². The Morgan fingerprint density at radius 2 is 2.20 bits per heavy atom. The summed E-state index contributed by atoms with van der Waals surface area (Å²) in [5, 5.41) is 3.08. The second kappa shape index (κ2) is 8.81. The highest BCUT2D eigenvalue weighted by Gasteiger charge is 2.39. The van der Waals surface area contributed by atoms with Crippen LogP contribution in [-0.2, 0) is 16.0 Å². The highest BCUT2D eigenvalue weighted by Crippen LogP contribution is 2.30. The first-order valence-corrected chi connectivity index (χ1v) is 10.6. The van der Waals surface area contributed by atoms with Gasteiger partial charge in [-0.05, 0) is 49.9 Å². The van der Waals surface area contributed by atoms with Crippen molar-refractivity contribution in [2.45, 2.75) is 50.5 Å². The van der Waals surface area contributed by atoms with Crippen molar-refractivity contribution in [1.82, 2.24) is 15.2 Å². The number of piperidine rings is 1. The van der Waals surface area contributed by atoms with Crippen LogP contribution in [0.25, 0.3) is 0 Å². The van der Waals surface area contributed by atoms with Gasteiger partial charge in [0.15, 0.2) is 5.78 Å². The number of ketones is 1. The van der Waals surface area contributed by atoms with E-state index in [4.69, 9.17) is 4.42 Å². The van der Waals surface area contributed by atoms with Gasteiger partial charge >= 0.3 is 0 Å². The van der Waals surface area contributed by atoms with Crippen molar-refractivity contribution in [3.63, 3.8) is 0 Å². The van der Waals surface area contributed by atoms with E-state index in [0.29, 0.717) is 50.8 Å². The van der Waals surface area contributed by atoms with Crippen LogP contribution < -0.4 is 5.32 Å². The fraction of sp³-hybridized carbons (Fsp3) is 0.478. The van der Waals surface area contributed by atoms with Crippen molar-refractivity contribution in [3.05, 3.63) is 54.2 Å². The van der Waals surface area contributed by atoms with Crippen molar-refractivity contribution in [2.24, 2.45) is 5.92 Å². The third-order valence-corrected chi connectivity index (χ3v) is 6.24. The number of carbonyl (C=O) groups is 3. The Hall–Kier alpha value is -2.96. The number of aromatic nitrogens is 1. The highest BCUT2D eigenvalue weighted by molar-refractivity contribution is 5.98. The molecule has 4 rings (SSSR count). The summed E-state index contributed by atoms with van der Waals surface area (Å²) in [6.45, 7) is 1.12. The number of carbonyl (C=O) groups excluding carboxylic acids is 3. The summed E-state index contributed by atoms with van der Waals surface area (Å²) in [4.78, 5) is 43.5. The minimum Gasteiger partial charge on any atom is -0.469 e. The molecule has 0 aromatic carbocycles. The summed E-state index contributed by atoms with van der Waals surface area (Å²) in [6, 6.07) is 7.26. The number of furan rings is 1. The standard InChI is InChI=1S/C23H27N3O4/c27-20-7-9-23(25-20,14-19-6-3-13-30-19)10-8-21(28)26-12-2-5-18(16-26)22(29)17-4-1-11-24-15-17/h1,3-4,6,11,13,15,18H,2,5,7-10,12,14,16H2,(H,25,27). The first-order valence-electron chi connectivity index (χ1n) is 10.6. The molecule has 0 aliphatic carbocycles. The van der Waals surface area contributed by atoms with Gasteiger partial charge in [0.05, 0.1) is 6.26 Å². The number of pyridine rings is 1. The molecule has 0 bridgehead atoms. The molecule has 2 fully saturated rings. The number of likely N-dealkylation sites (tertiary alicyclic amines) is 1. The monoisotopic (exact) mass is 409 g/mol. The molecule has 2 unspecified atom stereocenters. The zero-order valence-electron chi connectivity index (χ0n) is 17.0. The number of nitrogens with one attached hydrogen (secondary N) is 1. The lowest BCUT2D eigenvalue weighted by Gasteiger charge is -2.34. The first-order chi connectivity index (χ1) is 14.5. The van der Waals surface area contributed by atoms with Crippen LogP contribution in [0.3, 0.4) is 0 Å². The van der Waals surface area contributed by atoms with Gasteiger partial charge in [0.25, 0.3) is 0 Å². The van der Waals surface area contributed by atoms with Gasteiger partial charge in [-0.1, -0.05) is 0 Å². The smallest absolute Gasteiger partial charge is 0.222 e. The van der Waals surface area contributed by atoms with Gasteiger partial charge in [0, 0.05) is 61.8 Å². The first kappa shape index (κ1) is 20.3. The zero-order valence-corrected chi connectivity index (χ0v) is 17.0. The molecule has 0 radical (unpaired) electrons. The second-order valence-electron chi connectivity index (χ2n) is 8.37. The van der Waals surface area contributed by atoms with E-state index >= 15 is 0 Å². The van der Waals surface area contributed by atoms with E-state index < -0.39 is 5.54 Å². The highest BCUT2D eigenvalue weighted by atomic mass is 16.3. The number of Topliss-reactive ketones (excluding diaryl/α,β-unsaturated/α-hetero) is 1. The average molecular weight is 409 g/mol. The SMILES string of the molecule is O=C1CCC(CCC(=O)N2CCCC(C(=O)c3cccnc3)C2)(Cc2ccco2)N1. The molecule has 2 aromatic rings. The molecule has 1 N–H and O–H groups in total. The van der Waals surface area contributed by atoms with Crippen LogP contribution in [0.4, 0.5) is 0 Å². The molecule has 0 spiro atoms. The normalized spacial score (nSPS) is 23.9. The average Bonchev–Trinajstić information content (AvgIpc) is 3.42. The third kappa shape index (κ3) is 4.61. The van der Waals surface area contributed by atoms with E-state index in [9.17, 15) is 14.4 Å². The van der Waals surface area contributed by atoms with Crippen LogP contribution in [0.2, 0.25) is 0 Å². The predicted molar refractivity (Wildman–Crippen MR) is 110 cm³/mol. The van der Waals surface area contributed by atoms with Gasteiger partial charge in [-0.25, -0.2) is 0 Å². The van der Waals surface area contributed by atoms with E-state index in [-0.39, 0.29) is 23.5 Å². The van der Waals surface area contributed by atoms with Crippen LogP contribution in [0, 0.1) is 5.92 Å². The maximum atomic E-state index is 13.0. The molecule has 4 heterocycles. The fourth-order valence-corrected chi connectivity index (χ4v) is 4.59.